The molecular formula is C15H16N4O3. The highest BCUT2D eigenvalue weighted by Gasteiger charge is 2.29. The van der Waals surface area contributed by atoms with E-state index in [-0.39, 0.29) is 24.4 Å². The van der Waals surface area contributed by atoms with Crippen molar-refractivity contribution in [2.75, 3.05) is 11.9 Å². The molecule has 0 radical (unpaired) electrons. The number of hydrogen-bond donors (Lipinski definition) is 3. The van der Waals surface area contributed by atoms with Crippen molar-refractivity contribution < 1.29 is 14.4 Å². The van der Waals surface area contributed by atoms with Gasteiger partial charge in [-0.05, 0) is 17.7 Å². The van der Waals surface area contributed by atoms with Crippen LogP contribution in [0.5, 0.6) is 0 Å². The van der Waals surface area contributed by atoms with Crippen molar-refractivity contribution in [2.45, 2.75) is 19.1 Å². The summed E-state index contributed by atoms with van der Waals surface area (Å²) in [5.74, 6) is -0.416. The van der Waals surface area contributed by atoms with E-state index in [1.54, 1.807) is 11.0 Å². The Kier molecular flexibility index (Phi) is 3.54. The van der Waals surface area contributed by atoms with E-state index in [1.807, 2.05) is 12.1 Å². The molecule has 2 aliphatic rings. The molecule has 2 heterocycles. The zero-order valence-corrected chi connectivity index (χ0v) is 11.9. The van der Waals surface area contributed by atoms with Crippen LogP contribution in [0.2, 0.25) is 0 Å². The lowest BCUT2D eigenvalue weighted by atomic mass is 10.1. The van der Waals surface area contributed by atoms with Crippen LogP contribution in [0.1, 0.15) is 11.1 Å². The second-order valence-corrected chi connectivity index (χ2v) is 5.24. The van der Waals surface area contributed by atoms with E-state index in [0.717, 1.165) is 11.1 Å². The highest BCUT2D eigenvalue weighted by Crippen LogP contribution is 2.29. The number of urea groups is 1. The third-order valence-corrected chi connectivity index (χ3v) is 3.82. The number of carbonyl (C=O) groups excluding carboxylic acids is 3. The Bertz CT molecular complexity index is 671. The first-order valence-electron chi connectivity index (χ1n) is 6.96. The van der Waals surface area contributed by atoms with E-state index in [0.29, 0.717) is 18.8 Å². The molecule has 1 aromatic carbocycles. The molecule has 7 nitrogen and oxygen atoms in total. The molecule has 0 aromatic heterocycles. The molecule has 3 N–H and O–H groups in total. The van der Waals surface area contributed by atoms with Gasteiger partial charge in [0.15, 0.2) is 0 Å². The quantitative estimate of drug-likeness (QED) is 0.703. The van der Waals surface area contributed by atoms with Crippen molar-refractivity contribution in [1.29, 1.82) is 0 Å². The molecule has 1 fully saturated rings. The minimum atomic E-state index is -0.587. The number of anilines is 1. The van der Waals surface area contributed by atoms with Crippen LogP contribution in [0.25, 0.3) is 0 Å². The molecule has 0 aliphatic carbocycles. The van der Waals surface area contributed by atoms with E-state index < -0.39 is 6.04 Å². The van der Waals surface area contributed by atoms with Crippen molar-refractivity contribution in [1.82, 2.24) is 15.5 Å². The molecule has 22 heavy (non-hydrogen) atoms. The van der Waals surface area contributed by atoms with Crippen LogP contribution < -0.4 is 16.0 Å². The van der Waals surface area contributed by atoms with Crippen molar-refractivity contribution >= 4 is 23.5 Å². The standard InChI is InChI=1S/C15H16N4O3/c1-2-13(20)19-7-9-4-3-5-11(10(9)8-19)17-14(21)12-6-16-15(22)18-12/h2-5,12H,1,6-8H2,(H,17,21)(H2,16,18,22)/t12-/m1/s1. The summed E-state index contributed by atoms with van der Waals surface area (Å²) in [6, 6.07) is 4.63. The Hall–Kier alpha value is -2.83. The van der Waals surface area contributed by atoms with Gasteiger partial charge in [0.05, 0.1) is 0 Å². The predicted octanol–water partition coefficient (Wildman–Crippen LogP) is 0.335. The Morgan fingerprint density at radius 2 is 2.18 bits per heavy atom. The number of fused-ring (bicyclic) bond motifs is 1. The Morgan fingerprint density at radius 3 is 2.86 bits per heavy atom. The van der Waals surface area contributed by atoms with Gasteiger partial charge in [-0.1, -0.05) is 18.7 Å². The smallest absolute Gasteiger partial charge is 0.315 e. The fourth-order valence-electron chi connectivity index (χ4n) is 2.66. The van der Waals surface area contributed by atoms with Crippen LogP contribution in [-0.2, 0) is 22.7 Å². The Balaban J connectivity index is 1.76. The zero-order chi connectivity index (χ0) is 15.7. The molecular weight excluding hydrogens is 284 g/mol. The zero-order valence-electron chi connectivity index (χ0n) is 11.9. The summed E-state index contributed by atoms with van der Waals surface area (Å²) in [5, 5.41) is 7.91. The largest absolute Gasteiger partial charge is 0.336 e. The summed E-state index contributed by atoms with van der Waals surface area (Å²) in [6.45, 7) is 4.70. The lowest BCUT2D eigenvalue weighted by Gasteiger charge is -2.14. The van der Waals surface area contributed by atoms with Gasteiger partial charge in [-0.15, -0.1) is 0 Å². The first-order valence-corrected chi connectivity index (χ1v) is 6.96. The predicted molar refractivity (Wildman–Crippen MR) is 79.8 cm³/mol. The van der Waals surface area contributed by atoms with E-state index in [4.69, 9.17) is 0 Å². The van der Waals surface area contributed by atoms with E-state index >= 15 is 0 Å². The first-order chi connectivity index (χ1) is 10.6. The van der Waals surface area contributed by atoms with Crippen molar-refractivity contribution in [3.63, 3.8) is 0 Å². The maximum atomic E-state index is 12.2. The molecule has 1 atom stereocenters. The second-order valence-electron chi connectivity index (χ2n) is 5.24. The fraction of sp³-hybridized carbons (Fsp3) is 0.267. The first kappa shape index (κ1) is 14.1. The molecule has 114 valence electrons. The summed E-state index contributed by atoms with van der Waals surface area (Å²) in [7, 11) is 0. The van der Waals surface area contributed by atoms with Crippen LogP contribution in [0.4, 0.5) is 10.5 Å². The van der Waals surface area contributed by atoms with Crippen LogP contribution in [0.15, 0.2) is 30.9 Å². The van der Waals surface area contributed by atoms with E-state index in [1.165, 1.54) is 6.08 Å². The van der Waals surface area contributed by atoms with E-state index in [9.17, 15) is 14.4 Å². The van der Waals surface area contributed by atoms with Gasteiger partial charge in [0.1, 0.15) is 6.04 Å². The molecule has 1 aromatic rings. The van der Waals surface area contributed by atoms with Crippen LogP contribution in [0.3, 0.4) is 0 Å². The Labute approximate surface area is 127 Å². The number of hydrogen-bond acceptors (Lipinski definition) is 3. The van der Waals surface area contributed by atoms with E-state index in [2.05, 4.69) is 22.5 Å². The monoisotopic (exact) mass is 300 g/mol. The van der Waals surface area contributed by atoms with Crippen LogP contribution >= 0.6 is 0 Å². The molecule has 0 bridgehead atoms. The van der Waals surface area contributed by atoms with Gasteiger partial charge in [0.2, 0.25) is 11.8 Å². The molecule has 0 saturated carbocycles. The molecule has 0 unspecified atom stereocenters. The number of nitrogens with zero attached hydrogens (tertiary/aromatic N) is 1. The second kappa shape index (κ2) is 5.51. The number of benzene rings is 1. The lowest BCUT2D eigenvalue weighted by Crippen LogP contribution is -2.38. The van der Waals surface area contributed by atoms with Gasteiger partial charge < -0.3 is 20.9 Å². The third-order valence-electron chi connectivity index (χ3n) is 3.82. The minimum Gasteiger partial charge on any atom is -0.336 e. The maximum absolute atomic E-state index is 12.2. The SMILES string of the molecule is C=CC(=O)N1Cc2cccc(NC(=O)[C@H]3CNC(=O)N3)c2C1. The summed E-state index contributed by atoms with van der Waals surface area (Å²) in [5.41, 5.74) is 2.59. The molecule has 3 rings (SSSR count). The Morgan fingerprint density at radius 1 is 1.36 bits per heavy atom. The van der Waals surface area contributed by atoms with Crippen molar-refractivity contribution in [3.8, 4) is 0 Å². The number of rotatable bonds is 3. The number of amides is 4. The number of nitrogens with one attached hydrogen (secondary N) is 3. The fourth-order valence-corrected chi connectivity index (χ4v) is 2.66. The van der Waals surface area contributed by atoms with Gasteiger partial charge in [-0.25, -0.2) is 4.79 Å². The van der Waals surface area contributed by atoms with Gasteiger partial charge in [-0.2, -0.15) is 0 Å². The van der Waals surface area contributed by atoms with Gasteiger partial charge in [0, 0.05) is 30.9 Å². The molecule has 1 saturated heterocycles. The van der Waals surface area contributed by atoms with Crippen molar-refractivity contribution in [3.05, 3.63) is 42.0 Å². The number of carbonyl (C=O) groups is 3. The molecule has 0 spiro atoms. The third kappa shape index (κ3) is 2.52. The highest BCUT2D eigenvalue weighted by molar-refractivity contribution is 5.99. The van der Waals surface area contributed by atoms with Crippen LogP contribution in [0, 0.1) is 0 Å². The summed E-state index contributed by atoms with van der Waals surface area (Å²) >= 11 is 0. The molecule has 2 aliphatic heterocycles. The normalized spacial score (nSPS) is 19.2. The lowest BCUT2D eigenvalue weighted by molar-refractivity contribution is -0.126. The van der Waals surface area contributed by atoms with Gasteiger partial charge in [0.25, 0.3) is 0 Å². The molecule has 7 heteroatoms. The van der Waals surface area contributed by atoms with Crippen molar-refractivity contribution in [2.24, 2.45) is 0 Å². The van der Waals surface area contributed by atoms with Gasteiger partial charge >= 0.3 is 6.03 Å². The average Bonchev–Trinajstić information content (AvgIpc) is 3.13. The summed E-state index contributed by atoms with van der Waals surface area (Å²) in [4.78, 5) is 36.6. The van der Waals surface area contributed by atoms with Crippen LogP contribution in [-0.4, -0.2) is 35.3 Å². The summed E-state index contributed by atoms with van der Waals surface area (Å²) < 4.78 is 0. The highest BCUT2D eigenvalue weighted by atomic mass is 16.2. The van der Waals surface area contributed by atoms with Gasteiger partial charge in [-0.3, -0.25) is 9.59 Å². The summed E-state index contributed by atoms with van der Waals surface area (Å²) in [6.07, 6.45) is 1.28. The topological polar surface area (TPSA) is 90.5 Å². The molecule has 4 amide bonds. The average molecular weight is 300 g/mol. The minimum absolute atomic E-state index is 0.138. The maximum Gasteiger partial charge on any atom is 0.315 e.